The molecule has 2 aromatic carbocycles. The molecule has 1 aliphatic heterocycles. The Morgan fingerprint density at radius 2 is 1.69 bits per heavy atom. The normalized spacial score (nSPS) is 12.1. The second-order valence-electron chi connectivity index (χ2n) is 6.71. The zero-order valence-corrected chi connectivity index (χ0v) is 15.2. The number of nitrogens with one attached hydrogen (secondary N) is 1. The summed E-state index contributed by atoms with van der Waals surface area (Å²) in [6.45, 7) is 2.22. The number of hydrogen-bond acceptors (Lipinski definition) is 4. The van der Waals surface area contributed by atoms with Crippen LogP contribution >= 0.6 is 0 Å². The molecule has 3 aromatic rings. The molecule has 2 heterocycles. The number of aromatic amines is 1. The van der Waals surface area contributed by atoms with Gasteiger partial charge in [0.2, 0.25) is 0 Å². The van der Waals surface area contributed by atoms with Gasteiger partial charge >= 0.3 is 0 Å². The van der Waals surface area contributed by atoms with E-state index < -0.39 is 0 Å². The summed E-state index contributed by atoms with van der Waals surface area (Å²) >= 11 is 0. The third-order valence-electron chi connectivity index (χ3n) is 4.40. The lowest BCUT2D eigenvalue weighted by Crippen LogP contribution is -2.14. The van der Waals surface area contributed by atoms with Crippen molar-refractivity contribution in [3.8, 4) is 34.0 Å². The minimum atomic E-state index is 0.478. The maximum Gasteiger partial charge on any atom is 0.136 e. The number of fused-ring (bicyclic) bond motifs is 5. The highest BCUT2D eigenvalue weighted by molar-refractivity contribution is 5.86. The fraction of sp³-hybridized carbons (Fsp3) is 0.286. The number of aromatic nitrogens is 2. The molecule has 0 aliphatic carbocycles. The van der Waals surface area contributed by atoms with E-state index in [1.807, 2.05) is 42.5 Å². The standard InChI is InChI=1S/C21H23N3O2/c1-24(2)12-7-13-25-14-19-22-20-15-8-3-5-10-17(15)26-18-11-6-4-9-16(18)21(20)23-19/h3-6,8-11H,7,12-14H2,1-2H3,(H,22,23). The summed E-state index contributed by atoms with van der Waals surface area (Å²) in [5.41, 5.74) is 3.91. The van der Waals surface area contributed by atoms with E-state index in [9.17, 15) is 0 Å². The van der Waals surface area contributed by atoms with E-state index in [1.165, 1.54) is 0 Å². The molecule has 5 heteroatoms. The molecule has 26 heavy (non-hydrogen) atoms. The number of rotatable bonds is 6. The zero-order valence-electron chi connectivity index (χ0n) is 15.2. The van der Waals surface area contributed by atoms with Crippen molar-refractivity contribution in [3.63, 3.8) is 0 Å². The first-order valence-corrected chi connectivity index (χ1v) is 8.90. The van der Waals surface area contributed by atoms with Crippen LogP contribution in [0.4, 0.5) is 0 Å². The molecule has 1 aliphatic rings. The molecular formula is C21H23N3O2. The maximum absolute atomic E-state index is 6.12. The molecule has 0 atom stereocenters. The molecule has 0 amide bonds. The summed E-state index contributed by atoms with van der Waals surface area (Å²) in [4.78, 5) is 10.4. The van der Waals surface area contributed by atoms with Gasteiger partial charge < -0.3 is 19.4 Å². The predicted molar refractivity (Wildman–Crippen MR) is 102 cm³/mol. The fourth-order valence-corrected chi connectivity index (χ4v) is 3.16. The molecule has 5 nitrogen and oxygen atoms in total. The molecule has 1 aromatic heterocycles. The van der Waals surface area contributed by atoms with Crippen LogP contribution < -0.4 is 4.74 Å². The molecule has 0 bridgehead atoms. The number of ether oxygens (including phenoxy) is 2. The number of benzene rings is 2. The lowest BCUT2D eigenvalue weighted by molar-refractivity contribution is 0.108. The van der Waals surface area contributed by atoms with Gasteiger partial charge in [0.15, 0.2) is 0 Å². The van der Waals surface area contributed by atoms with E-state index in [0.29, 0.717) is 6.61 Å². The molecule has 0 spiro atoms. The van der Waals surface area contributed by atoms with Crippen LogP contribution in [-0.4, -0.2) is 42.1 Å². The van der Waals surface area contributed by atoms with E-state index >= 15 is 0 Å². The van der Waals surface area contributed by atoms with E-state index in [4.69, 9.17) is 14.5 Å². The van der Waals surface area contributed by atoms with Crippen molar-refractivity contribution in [1.82, 2.24) is 14.9 Å². The van der Waals surface area contributed by atoms with Gasteiger partial charge in [-0.15, -0.1) is 0 Å². The lowest BCUT2D eigenvalue weighted by Gasteiger charge is -2.09. The van der Waals surface area contributed by atoms with Crippen molar-refractivity contribution in [2.75, 3.05) is 27.2 Å². The van der Waals surface area contributed by atoms with Crippen molar-refractivity contribution in [1.29, 1.82) is 0 Å². The number of para-hydroxylation sites is 2. The van der Waals surface area contributed by atoms with E-state index in [0.717, 1.165) is 59.4 Å². The summed E-state index contributed by atoms with van der Waals surface area (Å²) in [6.07, 6.45) is 1.01. The highest BCUT2D eigenvalue weighted by Crippen LogP contribution is 2.45. The van der Waals surface area contributed by atoms with E-state index in [2.05, 4.69) is 30.0 Å². The average molecular weight is 349 g/mol. The molecule has 0 saturated carbocycles. The van der Waals surface area contributed by atoms with Gasteiger partial charge in [0.05, 0.1) is 5.69 Å². The minimum Gasteiger partial charge on any atom is -0.456 e. The van der Waals surface area contributed by atoms with Gasteiger partial charge in [-0.2, -0.15) is 0 Å². The van der Waals surface area contributed by atoms with Gasteiger partial charge in [-0.05, 0) is 51.3 Å². The van der Waals surface area contributed by atoms with Crippen molar-refractivity contribution < 1.29 is 9.47 Å². The van der Waals surface area contributed by atoms with Gasteiger partial charge in [-0.3, -0.25) is 0 Å². The number of H-pyrrole nitrogens is 1. The van der Waals surface area contributed by atoms with Crippen LogP contribution in [0.3, 0.4) is 0 Å². The van der Waals surface area contributed by atoms with Crippen LogP contribution in [0.1, 0.15) is 12.2 Å². The predicted octanol–water partition coefficient (Wildman–Crippen LogP) is 4.32. The quantitative estimate of drug-likeness (QED) is 0.527. The monoisotopic (exact) mass is 349 g/mol. The maximum atomic E-state index is 6.12. The Bertz CT molecular complexity index is 839. The smallest absolute Gasteiger partial charge is 0.136 e. The Morgan fingerprint density at radius 1 is 1.00 bits per heavy atom. The first kappa shape index (κ1) is 16.8. The minimum absolute atomic E-state index is 0.478. The molecule has 134 valence electrons. The van der Waals surface area contributed by atoms with Crippen LogP contribution in [0.25, 0.3) is 22.5 Å². The zero-order chi connectivity index (χ0) is 17.9. The average Bonchev–Trinajstić information content (AvgIpc) is 3.01. The van der Waals surface area contributed by atoms with E-state index in [1.54, 1.807) is 0 Å². The molecule has 1 N–H and O–H groups in total. The summed E-state index contributed by atoms with van der Waals surface area (Å²) in [7, 11) is 4.14. The van der Waals surface area contributed by atoms with Gasteiger partial charge in [0, 0.05) is 17.7 Å². The van der Waals surface area contributed by atoms with Gasteiger partial charge in [0.1, 0.15) is 29.6 Å². The Labute approximate surface area is 153 Å². The van der Waals surface area contributed by atoms with Gasteiger partial charge in [-0.1, -0.05) is 24.3 Å². The highest BCUT2D eigenvalue weighted by Gasteiger charge is 2.23. The van der Waals surface area contributed by atoms with Crippen molar-refractivity contribution >= 4 is 0 Å². The summed E-state index contributed by atoms with van der Waals surface area (Å²) in [6, 6.07) is 16.1. The van der Waals surface area contributed by atoms with Crippen molar-refractivity contribution in [3.05, 3.63) is 54.4 Å². The first-order valence-electron chi connectivity index (χ1n) is 8.90. The molecular weight excluding hydrogens is 326 g/mol. The Balaban J connectivity index is 1.62. The Kier molecular flexibility index (Phi) is 4.73. The lowest BCUT2D eigenvalue weighted by atomic mass is 10.1. The third-order valence-corrected chi connectivity index (χ3v) is 4.40. The van der Waals surface area contributed by atoms with Crippen LogP contribution in [0, 0.1) is 0 Å². The third kappa shape index (κ3) is 3.36. The van der Waals surface area contributed by atoms with E-state index in [-0.39, 0.29) is 0 Å². The van der Waals surface area contributed by atoms with Crippen LogP contribution in [0.5, 0.6) is 11.5 Å². The number of imidazole rings is 1. The Morgan fingerprint density at radius 3 is 2.46 bits per heavy atom. The van der Waals surface area contributed by atoms with Crippen LogP contribution in [-0.2, 0) is 11.3 Å². The second kappa shape index (κ2) is 7.32. The topological polar surface area (TPSA) is 50.4 Å². The van der Waals surface area contributed by atoms with Gasteiger partial charge in [-0.25, -0.2) is 4.98 Å². The largest absolute Gasteiger partial charge is 0.456 e. The van der Waals surface area contributed by atoms with Crippen molar-refractivity contribution in [2.24, 2.45) is 0 Å². The van der Waals surface area contributed by atoms with Crippen LogP contribution in [0.2, 0.25) is 0 Å². The first-order chi connectivity index (χ1) is 12.7. The fourth-order valence-electron chi connectivity index (χ4n) is 3.16. The molecule has 0 radical (unpaired) electrons. The molecule has 4 rings (SSSR count). The molecule has 0 unspecified atom stereocenters. The summed E-state index contributed by atoms with van der Waals surface area (Å²) in [5, 5.41) is 0. The van der Waals surface area contributed by atoms with Crippen LogP contribution in [0.15, 0.2) is 48.5 Å². The highest BCUT2D eigenvalue weighted by atomic mass is 16.5. The molecule has 0 saturated heterocycles. The Hall–Kier alpha value is -2.63. The molecule has 0 fully saturated rings. The number of nitrogens with zero attached hydrogens (tertiary/aromatic N) is 2. The number of hydrogen-bond donors (Lipinski definition) is 1. The second-order valence-corrected chi connectivity index (χ2v) is 6.71. The van der Waals surface area contributed by atoms with Gasteiger partial charge in [0.25, 0.3) is 0 Å². The SMILES string of the molecule is CN(C)CCCOCc1nc2c([nH]1)-c1ccccc1Oc1ccccc1-2. The van der Waals surface area contributed by atoms with Crippen molar-refractivity contribution in [2.45, 2.75) is 13.0 Å². The summed E-state index contributed by atoms with van der Waals surface area (Å²) < 4.78 is 11.9. The summed E-state index contributed by atoms with van der Waals surface area (Å²) in [5.74, 6) is 2.50.